The van der Waals surface area contributed by atoms with Crippen LogP contribution in [-0.2, 0) is 66.9 Å². The number of likely N-dealkylation sites (tertiary alicyclic amines) is 2. The number of hydrogen-bond acceptors (Lipinski definition) is 14. The normalized spacial score (nSPS) is 23.0. The standard InChI is InChI=1S/C65H89F2N11O11/c1-42(68-3)60(81)73-57(45-14-6-4-7-15-45)63(84)77-38-43(33-53(77)61(82)72-51-20-12-18-44-13-10-11-19-49(44)51)36-69-55(79)21-23-85-25-27-87-29-31-89-32-30-88-28-26-86-24-22-56(80)76-39-47(40-76)59(46-16-8-5-9-17-46)78-41-48(37-70-78)71-62(83)58-50-34-54-64(2,65(54,66)67)35-52(50)74-75-58/h5,8-11,13,16-17,19,37,41-43,45,47,51,53-54,57,59,68H,4,6-7,12,14-15,18,20-36,38-40H2,1-3H3,(H,69,79)(H,71,83)(H,72,82)(H,73,81)(H,74,75)/t42-,43?,51?,53-,54-,57?,59+,64+/m0/s1. The highest BCUT2D eigenvalue weighted by Gasteiger charge is 2.78. The number of alkyl halides is 2. The number of carbonyl (C=O) groups excluding carboxylic acids is 6. The molecule has 10 rings (SSSR count). The molecule has 0 radical (unpaired) electrons. The van der Waals surface area contributed by atoms with E-state index in [0.29, 0.717) is 95.9 Å². The number of halogens is 2. The number of aromatic amines is 1. The van der Waals surface area contributed by atoms with Gasteiger partial charge in [-0.15, -0.1) is 0 Å². The summed E-state index contributed by atoms with van der Waals surface area (Å²) in [5, 5.41) is 26.8. The van der Waals surface area contributed by atoms with Gasteiger partial charge in [0.1, 0.15) is 12.1 Å². The van der Waals surface area contributed by atoms with Crippen LogP contribution in [0.4, 0.5) is 14.5 Å². The Morgan fingerprint density at radius 2 is 1.45 bits per heavy atom. The molecule has 2 aromatic carbocycles. The highest BCUT2D eigenvalue weighted by Crippen LogP contribution is 2.70. The summed E-state index contributed by atoms with van der Waals surface area (Å²) in [5.41, 5.74) is 3.94. The van der Waals surface area contributed by atoms with Crippen LogP contribution in [0.25, 0.3) is 0 Å². The Morgan fingerprint density at radius 3 is 2.15 bits per heavy atom. The van der Waals surface area contributed by atoms with Gasteiger partial charge in [-0.05, 0) is 87.4 Å². The van der Waals surface area contributed by atoms with E-state index in [0.717, 1.165) is 62.5 Å². The number of aromatic nitrogens is 4. The number of aryl methyl sites for hydroxylation is 1. The van der Waals surface area contributed by atoms with E-state index >= 15 is 0 Å². The number of amides is 6. The summed E-state index contributed by atoms with van der Waals surface area (Å²) in [5.74, 6) is -5.10. The summed E-state index contributed by atoms with van der Waals surface area (Å²) in [7, 11) is 1.71. The first kappa shape index (κ1) is 65.3. The first-order chi connectivity index (χ1) is 43.1. The molecule has 8 atom stereocenters. The molecule has 24 heteroatoms. The van der Waals surface area contributed by atoms with Gasteiger partial charge in [-0.25, -0.2) is 8.78 Å². The maximum atomic E-state index is 14.7. The molecule has 4 aromatic rings. The maximum Gasteiger partial charge on any atom is 0.276 e. The van der Waals surface area contributed by atoms with Gasteiger partial charge in [-0.3, -0.25) is 38.5 Å². The minimum Gasteiger partial charge on any atom is -0.379 e. The second kappa shape index (κ2) is 30.4. The van der Waals surface area contributed by atoms with Crippen LogP contribution in [0, 0.1) is 29.1 Å². The maximum absolute atomic E-state index is 14.7. The van der Waals surface area contributed by atoms with Crippen LogP contribution in [0.3, 0.4) is 0 Å². The number of fused-ring (bicyclic) bond motifs is 3. The lowest BCUT2D eigenvalue weighted by Gasteiger charge is -2.43. The van der Waals surface area contributed by atoms with Gasteiger partial charge < -0.3 is 60.1 Å². The molecule has 4 aliphatic carbocycles. The fourth-order valence-corrected chi connectivity index (χ4v) is 13.7. The lowest BCUT2D eigenvalue weighted by Crippen LogP contribution is -2.58. The molecular weight excluding hydrogens is 1150 g/mol. The number of nitrogens with zero attached hydrogens (tertiary/aromatic N) is 5. The first-order valence-corrected chi connectivity index (χ1v) is 32.1. The minimum atomic E-state index is -2.76. The largest absolute Gasteiger partial charge is 0.379 e. The molecule has 0 bridgehead atoms. The Bertz CT molecular complexity index is 3050. The SMILES string of the molecule is CN[C@@H](C)C(=O)NC(C(=O)N1CC(CNC(=O)CCOCCOCCOCCOCCOCCC(=O)N2CC([C@@H](c3ccccc3)n3cc(NC(=O)c4n[nH]c5c4C[C@@H]4C(F)(F)[C@]4(C)C5)cn3)C2)C[C@H]1C(=O)NC1CCCc2ccccc21)C1CCCCC1. The number of likely N-dealkylation sites (N-methyl/N-ethyl adjacent to an activating group) is 1. The van der Waals surface area contributed by atoms with Crippen molar-refractivity contribution in [2.45, 2.75) is 133 Å². The molecule has 2 aliphatic heterocycles. The molecule has 3 unspecified atom stereocenters. The van der Waals surface area contributed by atoms with Crippen LogP contribution < -0.4 is 26.6 Å². The second-order valence-corrected chi connectivity index (χ2v) is 25.1. The van der Waals surface area contributed by atoms with Crippen LogP contribution in [0.2, 0.25) is 0 Å². The highest BCUT2D eigenvalue weighted by molar-refractivity contribution is 6.04. The quantitative estimate of drug-likeness (QED) is 0.0338. The summed E-state index contributed by atoms with van der Waals surface area (Å²) in [6.07, 6.45) is 11.7. The Labute approximate surface area is 519 Å². The zero-order valence-electron chi connectivity index (χ0n) is 51.6. The number of H-pyrrole nitrogens is 1. The Balaban J connectivity index is 0.556. The van der Waals surface area contributed by atoms with Crippen LogP contribution in [0.1, 0.15) is 129 Å². The summed E-state index contributed by atoms with van der Waals surface area (Å²) in [6, 6.07) is 15.7. The van der Waals surface area contributed by atoms with E-state index < -0.39 is 41.3 Å². The average molecular weight is 1240 g/mol. The number of rotatable bonds is 32. The van der Waals surface area contributed by atoms with Crippen molar-refractivity contribution >= 4 is 41.1 Å². The molecule has 6 aliphatic rings. The predicted octanol–water partition coefficient (Wildman–Crippen LogP) is 5.34. The van der Waals surface area contributed by atoms with Gasteiger partial charge in [0.05, 0.1) is 102 Å². The average Bonchev–Trinajstić information content (AvgIpc) is 1.51. The third kappa shape index (κ3) is 15.9. The van der Waals surface area contributed by atoms with Gasteiger partial charge in [0, 0.05) is 73.7 Å². The van der Waals surface area contributed by atoms with Gasteiger partial charge in [0.2, 0.25) is 29.5 Å². The van der Waals surface area contributed by atoms with Crippen molar-refractivity contribution in [3.8, 4) is 0 Å². The van der Waals surface area contributed by atoms with Crippen molar-refractivity contribution in [1.29, 1.82) is 0 Å². The lowest BCUT2D eigenvalue weighted by atomic mass is 9.83. The predicted molar refractivity (Wildman–Crippen MR) is 325 cm³/mol. The molecule has 484 valence electrons. The second-order valence-electron chi connectivity index (χ2n) is 25.1. The zero-order chi connectivity index (χ0) is 62.5. The number of ether oxygens (including phenoxy) is 5. The number of hydrogen-bond donors (Lipinski definition) is 6. The molecule has 22 nitrogen and oxygen atoms in total. The fraction of sp³-hybridized carbons (Fsp3) is 0.631. The first-order valence-electron chi connectivity index (χ1n) is 32.1. The number of anilines is 1. The molecule has 4 fully saturated rings. The molecule has 2 saturated carbocycles. The minimum absolute atomic E-state index is 0.0124. The number of benzene rings is 2. The van der Waals surface area contributed by atoms with E-state index in [2.05, 4.69) is 54.0 Å². The van der Waals surface area contributed by atoms with Crippen molar-refractivity contribution in [2.24, 2.45) is 29.1 Å². The molecule has 2 aromatic heterocycles. The molecule has 6 N–H and O–H groups in total. The highest BCUT2D eigenvalue weighted by atomic mass is 19.3. The van der Waals surface area contributed by atoms with E-state index in [1.165, 1.54) is 5.56 Å². The molecule has 0 spiro atoms. The van der Waals surface area contributed by atoms with Crippen LogP contribution in [0.15, 0.2) is 67.0 Å². The summed E-state index contributed by atoms with van der Waals surface area (Å²) < 4.78 is 59.1. The van der Waals surface area contributed by atoms with E-state index in [1.807, 2.05) is 42.5 Å². The molecule has 4 heterocycles. The van der Waals surface area contributed by atoms with Gasteiger partial charge in [-0.2, -0.15) is 10.2 Å². The Hall–Kier alpha value is -6.70. The summed E-state index contributed by atoms with van der Waals surface area (Å²) >= 11 is 0. The number of carbonyl (C=O) groups is 6. The molecule has 89 heavy (non-hydrogen) atoms. The van der Waals surface area contributed by atoms with Crippen molar-refractivity contribution in [2.75, 3.05) is 105 Å². The van der Waals surface area contributed by atoms with Crippen molar-refractivity contribution in [3.63, 3.8) is 0 Å². The summed E-state index contributed by atoms with van der Waals surface area (Å²) in [6.45, 7) is 8.18. The van der Waals surface area contributed by atoms with E-state index in [9.17, 15) is 37.5 Å². The van der Waals surface area contributed by atoms with Crippen molar-refractivity contribution in [3.05, 3.63) is 101 Å². The lowest BCUT2D eigenvalue weighted by molar-refractivity contribution is -0.143. The topological polar surface area (TPSA) is 262 Å². The Morgan fingerprint density at radius 1 is 0.787 bits per heavy atom. The molecule has 2 saturated heterocycles. The number of nitrogens with one attached hydrogen (secondary N) is 6. The fourth-order valence-electron chi connectivity index (χ4n) is 13.7. The Kier molecular flexibility index (Phi) is 22.3. The molecular formula is C65H89F2N11O11. The van der Waals surface area contributed by atoms with Gasteiger partial charge in [0.15, 0.2) is 5.69 Å². The monoisotopic (exact) mass is 1240 g/mol. The van der Waals surface area contributed by atoms with E-state index in [1.54, 1.807) is 47.8 Å². The third-order valence-electron chi connectivity index (χ3n) is 19.2. The smallest absolute Gasteiger partial charge is 0.276 e. The third-order valence-corrected chi connectivity index (χ3v) is 19.2. The molecule has 6 amide bonds. The zero-order valence-corrected chi connectivity index (χ0v) is 51.6. The van der Waals surface area contributed by atoms with E-state index in [4.69, 9.17) is 23.7 Å². The summed E-state index contributed by atoms with van der Waals surface area (Å²) in [4.78, 5) is 85.2. The van der Waals surface area contributed by atoms with Gasteiger partial charge in [0.25, 0.3) is 11.8 Å². The van der Waals surface area contributed by atoms with Crippen LogP contribution in [-0.4, -0.2) is 189 Å². The van der Waals surface area contributed by atoms with Crippen LogP contribution >= 0.6 is 0 Å². The van der Waals surface area contributed by atoms with Crippen molar-refractivity contribution in [1.82, 2.24) is 51.0 Å². The van der Waals surface area contributed by atoms with Crippen molar-refractivity contribution < 1.29 is 61.2 Å². The van der Waals surface area contributed by atoms with Gasteiger partial charge in [-0.1, -0.05) is 80.8 Å². The van der Waals surface area contributed by atoms with Gasteiger partial charge >= 0.3 is 0 Å². The van der Waals surface area contributed by atoms with E-state index in [-0.39, 0.29) is 111 Å². The van der Waals surface area contributed by atoms with Crippen LogP contribution in [0.5, 0.6) is 0 Å².